The number of aliphatic hydroxyl groups is 1. The average molecular weight is 982 g/mol. The minimum Gasteiger partial charge on any atom is -0.507 e. The Morgan fingerprint density at radius 1 is 0.944 bits per heavy atom. The molecule has 4 aromatic heterocycles. The zero-order valence-electron chi connectivity index (χ0n) is 40.2. The highest BCUT2D eigenvalue weighted by atomic mass is 32.1. The molecule has 0 spiro atoms. The number of anilines is 1. The number of hydrogen-bond acceptors (Lipinski definition) is 16. The summed E-state index contributed by atoms with van der Waals surface area (Å²) in [6.07, 6.45) is 4.65. The van der Waals surface area contributed by atoms with Gasteiger partial charge in [0.05, 0.1) is 51.7 Å². The van der Waals surface area contributed by atoms with Crippen molar-refractivity contribution < 1.29 is 38.5 Å². The highest BCUT2D eigenvalue weighted by molar-refractivity contribution is 7.13. The molecule has 9 rings (SSSR count). The van der Waals surface area contributed by atoms with E-state index in [-0.39, 0.29) is 66.6 Å². The van der Waals surface area contributed by atoms with Crippen LogP contribution in [0.1, 0.15) is 93.0 Å². The van der Waals surface area contributed by atoms with E-state index in [9.17, 15) is 19.8 Å². The van der Waals surface area contributed by atoms with Crippen molar-refractivity contribution in [2.45, 2.75) is 102 Å². The Bertz CT molecular complexity index is 2870. The number of aromatic hydroxyl groups is 1. The van der Waals surface area contributed by atoms with Crippen LogP contribution in [0.25, 0.3) is 21.7 Å². The molecule has 6 aromatic rings. The van der Waals surface area contributed by atoms with Crippen LogP contribution in [0.15, 0.2) is 89.0 Å². The number of likely N-dealkylation sites (tertiary alicyclic amines) is 2. The summed E-state index contributed by atoms with van der Waals surface area (Å²) in [6.45, 7) is 10.6. The quantitative estimate of drug-likeness (QED) is 0.0741. The fourth-order valence-electron chi connectivity index (χ4n) is 9.33. The lowest BCUT2D eigenvalue weighted by Crippen LogP contribution is -2.48. The van der Waals surface area contributed by atoms with Crippen molar-refractivity contribution in [3.05, 3.63) is 113 Å². The number of nitrogens with one attached hydrogen (secondary N) is 1. The molecule has 0 bridgehead atoms. The minimum atomic E-state index is -0.833. The number of carbonyl (C=O) groups is 2. The van der Waals surface area contributed by atoms with Gasteiger partial charge < -0.3 is 44.9 Å². The summed E-state index contributed by atoms with van der Waals surface area (Å²) in [5.74, 6) is 6.09. The molecule has 17 nitrogen and oxygen atoms in total. The molecule has 1 saturated carbocycles. The molecule has 2 aliphatic heterocycles. The molecule has 6 heterocycles. The zero-order valence-corrected chi connectivity index (χ0v) is 41.0. The van der Waals surface area contributed by atoms with E-state index in [1.807, 2.05) is 63.5 Å². The third-order valence-electron chi connectivity index (χ3n) is 13.4. The lowest BCUT2D eigenvalue weighted by Gasteiger charge is -2.39. The molecule has 5 N–H and O–H groups in total. The van der Waals surface area contributed by atoms with E-state index in [2.05, 4.69) is 47.4 Å². The monoisotopic (exact) mass is 981 g/mol. The van der Waals surface area contributed by atoms with Crippen molar-refractivity contribution in [1.29, 1.82) is 0 Å². The van der Waals surface area contributed by atoms with Crippen LogP contribution in [0.3, 0.4) is 0 Å². The highest BCUT2D eigenvalue weighted by Gasteiger charge is 2.44. The number of carbonyl (C=O) groups excluding carboxylic acids is 2. The SMILES string of the molecule is Cc1ncsc1-c1ccc([C@H](C)NC(=O)[C@@H]2C[C@@H](O)CN2C(=O)[C@@H](c2cc(OCCN3CCC(OC4CC(Oc5cc(C#Cc6cc(-c7ccccc7O)nnc6N)ccn5)C4)CC3)no2)C(C)C)cc1. The van der Waals surface area contributed by atoms with E-state index in [0.717, 1.165) is 60.5 Å². The fourth-order valence-corrected chi connectivity index (χ4v) is 10.1. The maximum atomic E-state index is 14.2. The number of phenols is 1. The Balaban J connectivity index is 0.693. The second-order valence-electron chi connectivity index (χ2n) is 18.8. The standard InChI is InChI=1S/C53H59N9O8S/c1-31(2)49(53(66)62-29-38(63)25-44(62)52(65)57-32(3)35-11-13-36(14-12-35)50-33(4)56-30-71-50)46-28-48(60-70-46)67-22-21-61-19-16-39(17-20-61)68-40-26-41(27-40)69-47-23-34(15-18-55-47)9-10-37-24-43(58-59-51(37)54)42-7-5-6-8-45(42)64/h5-8,11-15,18,23-24,28,30-32,38-41,44,49,63-64H,16-17,19-22,25-27,29H2,1-4H3,(H2,54,59)(H,57,65)/t32-,38+,40?,41?,44-,49+/m0/s1. The average Bonchev–Trinajstić information content (AvgIpc) is 4.11. The van der Waals surface area contributed by atoms with Crippen molar-refractivity contribution in [2.75, 3.05) is 38.5 Å². The predicted molar refractivity (Wildman–Crippen MR) is 266 cm³/mol. The van der Waals surface area contributed by atoms with Crippen molar-refractivity contribution in [1.82, 2.24) is 40.4 Å². The number of aryl methyl sites for hydroxylation is 1. The molecular formula is C53H59N9O8S. The summed E-state index contributed by atoms with van der Waals surface area (Å²) < 4.78 is 24.4. The third kappa shape index (κ3) is 11.8. The number of thiazole rings is 1. The van der Waals surface area contributed by atoms with Gasteiger partial charge in [0, 0.05) is 74.9 Å². The van der Waals surface area contributed by atoms with Gasteiger partial charge in [0.1, 0.15) is 30.4 Å². The Labute approximate surface area is 416 Å². The normalized spacial score (nSPS) is 20.2. The van der Waals surface area contributed by atoms with E-state index >= 15 is 0 Å². The largest absolute Gasteiger partial charge is 0.507 e. The number of para-hydroxylation sites is 1. The number of benzene rings is 2. The Hall–Kier alpha value is -6.91. The van der Waals surface area contributed by atoms with Crippen LogP contribution >= 0.6 is 11.3 Å². The number of ether oxygens (including phenoxy) is 3. The molecule has 3 fully saturated rings. The smallest absolute Gasteiger partial charge is 0.254 e. The lowest BCUT2D eigenvalue weighted by molar-refractivity contribution is -0.141. The first-order valence-corrected chi connectivity index (χ1v) is 25.1. The molecule has 1 aliphatic carbocycles. The van der Waals surface area contributed by atoms with Gasteiger partial charge in [0.15, 0.2) is 11.6 Å². The number of aliphatic hydroxyl groups excluding tert-OH is 1. The van der Waals surface area contributed by atoms with Gasteiger partial charge in [-0.3, -0.25) is 14.5 Å². The van der Waals surface area contributed by atoms with Crippen LogP contribution in [0.4, 0.5) is 5.82 Å². The topological polar surface area (TPSA) is 224 Å². The number of nitrogen functional groups attached to an aromatic ring is 1. The first-order valence-electron chi connectivity index (χ1n) is 24.2. The first kappa shape index (κ1) is 49.1. The van der Waals surface area contributed by atoms with Crippen molar-refractivity contribution >= 4 is 29.0 Å². The van der Waals surface area contributed by atoms with Gasteiger partial charge in [-0.05, 0) is 73.2 Å². The van der Waals surface area contributed by atoms with Crippen molar-refractivity contribution in [3.63, 3.8) is 0 Å². The molecule has 0 unspecified atom stereocenters. The summed E-state index contributed by atoms with van der Waals surface area (Å²) in [4.78, 5) is 41.6. The molecule has 18 heteroatoms. The van der Waals surface area contributed by atoms with Gasteiger partial charge in [-0.1, -0.05) is 62.1 Å². The van der Waals surface area contributed by atoms with Gasteiger partial charge in [-0.2, -0.15) is 0 Å². The number of nitrogens with zero attached hydrogens (tertiary/aromatic N) is 7. The Morgan fingerprint density at radius 3 is 2.48 bits per heavy atom. The van der Waals surface area contributed by atoms with Gasteiger partial charge in [-0.15, -0.1) is 21.5 Å². The van der Waals surface area contributed by atoms with E-state index < -0.39 is 18.1 Å². The van der Waals surface area contributed by atoms with E-state index in [4.69, 9.17) is 24.5 Å². The minimum absolute atomic E-state index is 0.000349. The molecule has 71 heavy (non-hydrogen) atoms. The number of hydrogen-bond donors (Lipinski definition) is 4. The molecule has 2 amide bonds. The second kappa shape index (κ2) is 22.0. The number of β-amino-alcohol motifs (C(OH)–C–C–N with tert-alkyl or cyclic N) is 1. The summed E-state index contributed by atoms with van der Waals surface area (Å²) in [5, 5.41) is 36.3. The zero-order chi connectivity index (χ0) is 49.6. The molecule has 2 saturated heterocycles. The van der Waals surface area contributed by atoms with Gasteiger partial charge >= 0.3 is 0 Å². The molecule has 370 valence electrons. The third-order valence-corrected chi connectivity index (χ3v) is 14.4. The highest BCUT2D eigenvalue weighted by Crippen LogP contribution is 2.35. The van der Waals surface area contributed by atoms with E-state index in [0.29, 0.717) is 53.1 Å². The van der Waals surface area contributed by atoms with E-state index in [1.54, 1.807) is 60.0 Å². The first-order chi connectivity index (χ1) is 34.3. The lowest BCUT2D eigenvalue weighted by atomic mass is 9.91. The second-order valence-corrected chi connectivity index (χ2v) is 19.7. The summed E-state index contributed by atoms with van der Waals surface area (Å²) in [5.41, 5.74) is 13.1. The Kier molecular flexibility index (Phi) is 15.2. The molecule has 3 aliphatic rings. The van der Waals surface area contributed by atoms with Gasteiger partial charge in [-0.25, -0.2) is 9.97 Å². The predicted octanol–water partition coefficient (Wildman–Crippen LogP) is 6.69. The number of piperidine rings is 1. The summed E-state index contributed by atoms with van der Waals surface area (Å²) in [7, 11) is 0. The summed E-state index contributed by atoms with van der Waals surface area (Å²) in [6, 6.07) is 20.7. The summed E-state index contributed by atoms with van der Waals surface area (Å²) >= 11 is 1.59. The number of amides is 2. The van der Waals surface area contributed by atoms with Crippen LogP contribution in [-0.4, -0.2) is 120 Å². The number of phenolic OH excluding ortho intramolecular Hbond substituents is 1. The van der Waals surface area contributed by atoms with Crippen LogP contribution in [0, 0.1) is 24.7 Å². The van der Waals surface area contributed by atoms with Gasteiger partial charge in [0.2, 0.25) is 17.7 Å². The van der Waals surface area contributed by atoms with Crippen LogP contribution in [0.5, 0.6) is 17.5 Å². The molecular weight excluding hydrogens is 923 g/mol. The molecule has 4 atom stereocenters. The van der Waals surface area contributed by atoms with Crippen LogP contribution in [0.2, 0.25) is 0 Å². The number of nitrogens with two attached hydrogens (primary N) is 1. The maximum absolute atomic E-state index is 14.2. The fraction of sp³-hybridized carbons (Fsp3) is 0.415. The van der Waals surface area contributed by atoms with E-state index in [1.165, 1.54) is 4.90 Å². The number of aromatic nitrogens is 5. The number of rotatable bonds is 16. The van der Waals surface area contributed by atoms with Crippen LogP contribution in [-0.2, 0) is 14.3 Å². The molecule has 2 aromatic carbocycles. The maximum Gasteiger partial charge on any atom is 0.254 e. The Morgan fingerprint density at radius 2 is 1.73 bits per heavy atom. The molecule has 0 radical (unpaired) electrons. The van der Waals surface area contributed by atoms with Crippen LogP contribution < -0.4 is 20.5 Å². The van der Waals surface area contributed by atoms with Crippen molar-refractivity contribution in [3.8, 4) is 51.0 Å². The van der Waals surface area contributed by atoms with Gasteiger partial charge in [0.25, 0.3) is 5.88 Å². The van der Waals surface area contributed by atoms with Crippen molar-refractivity contribution in [2.24, 2.45) is 5.92 Å². The number of pyridine rings is 1.